The summed E-state index contributed by atoms with van der Waals surface area (Å²) >= 11 is 0. The smallest absolute Gasteiger partial charge is 0.0776 e. The van der Waals surface area contributed by atoms with Gasteiger partial charge in [-0.15, -0.1) is 0 Å². The van der Waals surface area contributed by atoms with Crippen molar-refractivity contribution in [3.05, 3.63) is 9.81 Å². The third-order valence-electron chi connectivity index (χ3n) is 0. The van der Waals surface area contributed by atoms with E-state index in [1.807, 2.05) is 0 Å². The van der Waals surface area contributed by atoms with Crippen molar-refractivity contribution in [2.45, 2.75) is 44.6 Å². The number of hydrogen-bond acceptors (Lipinski definition) is 4. The molecule has 0 aliphatic heterocycles. The molecule has 4 heteroatoms. The average molecular weight is 158 g/mol. The van der Waals surface area contributed by atoms with Gasteiger partial charge in [-0.3, -0.25) is 0 Å². The maximum absolute atomic E-state index is 7.50. The molecule has 0 saturated carbocycles. The number of nitrogens with one attached hydrogen (secondary N) is 2. The normalized spacial score (nSPS) is 0.800. The third-order valence-corrected chi connectivity index (χ3v) is 0. The molecule has 0 saturated heterocycles. The Hall–Kier alpha value is -0.800. The zero-order valence-corrected chi connectivity index (χ0v) is 1.82. The van der Waals surface area contributed by atoms with Crippen LogP contribution in [0.3, 0.4) is 0 Å². The predicted molar refractivity (Wildman–Crippen MR) is 52.6 cm³/mol. The Labute approximate surface area is 66.6 Å². The van der Waals surface area contributed by atoms with Gasteiger partial charge in [0, 0.05) is 0 Å². The van der Waals surface area contributed by atoms with Crippen molar-refractivity contribution < 1.29 is 0 Å². The number of hydrogen-bond donors (Lipinski definition) is 2. The van der Waals surface area contributed by atoms with Crippen LogP contribution in [0.1, 0.15) is 44.6 Å². The van der Waals surface area contributed by atoms with Crippen molar-refractivity contribution in [3.63, 3.8) is 0 Å². The molecule has 0 bridgehead atoms. The van der Waals surface area contributed by atoms with Crippen LogP contribution >= 0.6 is 0 Å². The first-order valence-electron chi connectivity index (χ1n) is 0.408. The Bertz CT molecular complexity index is 15.7. The minimum absolute atomic E-state index is 0. The van der Waals surface area contributed by atoms with Crippen LogP contribution in [0.4, 0.5) is 0 Å². The molecule has 0 amide bonds. The second kappa shape index (κ2) is 664. The molecule has 0 heterocycles. The summed E-state index contributed by atoms with van der Waals surface area (Å²) in [4.78, 5) is 15.0. The van der Waals surface area contributed by atoms with E-state index in [0.29, 0.717) is 0 Å². The van der Waals surface area contributed by atoms with Gasteiger partial charge in [0.1, 0.15) is 0 Å². The maximum atomic E-state index is 7.50. The second-order valence-electron chi connectivity index (χ2n) is 0. The van der Waals surface area contributed by atoms with Gasteiger partial charge in [0.05, 0.1) is 0 Å². The molecule has 72 valence electrons. The minimum atomic E-state index is 0. The summed E-state index contributed by atoms with van der Waals surface area (Å²) in [6, 6.07) is 0. The summed E-state index contributed by atoms with van der Waals surface area (Å²) in [6.45, 7) is 0. The zero-order valence-electron chi connectivity index (χ0n) is 1.82. The van der Waals surface area contributed by atoms with Gasteiger partial charge in [0.25, 0.3) is 0 Å². The summed E-state index contributed by atoms with van der Waals surface area (Å²) in [7, 11) is 0. The van der Waals surface area contributed by atoms with E-state index < -0.39 is 0 Å². The lowest BCUT2D eigenvalue weighted by atomic mass is 12.0. The standard InChI is InChI=1S/6CH4.2HNO/c;;;;;;2*1-2/h6*1H4;2*1H. The molecule has 0 radical (unpaired) electrons. The Morgan fingerprint density at radius 2 is 0.400 bits per heavy atom. The Balaban J connectivity index is -0.000000000833. The highest BCUT2D eigenvalue weighted by atomic mass is 16.2. The lowest BCUT2D eigenvalue weighted by molar-refractivity contribution is 1.49. The Kier molecular flexibility index (Phi) is 28500. The third kappa shape index (κ3) is 432. The molecule has 0 spiro atoms. The van der Waals surface area contributed by atoms with Crippen molar-refractivity contribution in [2.75, 3.05) is 0 Å². The molecule has 4 nitrogen and oxygen atoms in total. The molecule has 0 aliphatic rings. The lowest BCUT2D eigenvalue weighted by Crippen LogP contribution is -0.649. The van der Waals surface area contributed by atoms with Crippen molar-refractivity contribution in [3.8, 4) is 0 Å². The van der Waals surface area contributed by atoms with Gasteiger partial charge < -0.3 is 0 Å². The average Bonchev–Trinajstić information content (AvgIpc) is 1.50. The van der Waals surface area contributed by atoms with Crippen molar-refractivity contribution >= 4 is 0 Å². The van der Waals surface area contributed by atoms with Gasteiger partial charge in [-0.25, -0.2) is 0 Å². The van der Waals surface area contributed by atoms with Crippen LogP contribution in [0.15, 0.2) is 0 Å². The molecule has 2 N–H and O–H groups in total. The first-order valence-corrected chi connectivity index (χ1v) is 0.408. The van der Waals surface area contributed by atoms with Crippen LogP contribution in [0, 0.1) is 21.0 Å². The molecular formula is C6H26N2O2. The highest BCUT2D eigenvalue weighted by molar-refractivity contribution is 3.64. The lowest BCUT2D eigenvalue weighted by Gasteiger charge is -0.827. The summed E-state index contributed by atoms with van der Waals surface area (Å²) in [6.07, 6.45) is 0. The Morgan fingerprint density at radius 1 is 0.400 bits per heavy atom. The molecule has 0 fully saturated rings. The molecule has 0 aromatic heterocycles. The van der Waals surface area contributed by atoms with Crippen molar-refractivity contribution in [2.24, 2.45) is 0 Å². The number of rotatable bonds is 0. The van der Waals surface area contributed by atoms with Crippen molar-refractivity contribution in [1.29, 1.82) is 11.2 Å². The molecule has 0 aliphatic carbocycles. The monoisotopic (exact) mass is 158 g/mol. The van der Waals surface area contributed by atoms with Gasteiger partial charge in [-0.05, 0) is 0 Å². The van der Waals surface area contributed by atoms with E-state index in [1.54, 1.807) is 0 Å². The van der Waals surface area contributed by atoms with Gasteiger partial charge in [0.15, 0.2) is 0 Å². The van der Waals surface area contributed by atoms with E-state index in [1.165, 1.54) is 0 Å². The molecule has 0 aromatic rings. The first kappa shape index (κ1) is 430. The summed E-state index contributed by atoms with van der Waals surface area (Å²) < 4.78 is 0. The van der Waals surface area contributed by atoms with Crippen LogP contribution in [0.25, 0.3) is 0 Å². The van der Waals surface area contributed by atoms with Gasteiger partial charge >= 0.3 is 0 Å². The topological polar surface area (TPSA) is 81.8 Å². The fourth-order valence-electron chi connectivity index (χ4n) is 0. The van der Waals surface area contributed by atoms with Crippen LogP contribution in [-0.4, -0.2) is 0 Å². The van der Waals surface area contributed by atoms with Crippen LogP contribution in [0.5, 0.6) is 0 Å². The van der Waals surface area contributed by atoms with Gasteiger partial charge in [0.2, 0.25) is 0 Å². The van der Waals surface area contributed by atoms with E-state index in [9.17, 15) is 0 Å². The highest BCUT2D eigenvalue weighted by Crippen LogP contribution is 0.768. The van der Waals surface area contributed by atoms with E-state index >= 15 is 0 Å². The van der Waals surface area contributed by atoms with Crippen molar-refractivity contribution in [1.82, 2.24) is 0 Å². The molecule has 0 rings (SSSR count). The second-order valence-corrected chi connectivity index (χ2v) is 0. The summed E-state index contributed by atoms with van der Waals surface area (Å²) in [5.74, 6) is 0. The fourth-order valence-corrected chi connectivity index (χ4v) is 0. The van der Waals surface area contributed by atoms with E-state index in [2.05, 4.69) is 11.2 Å². The predicted octanol–water partition coefficient (Wildman–Crippen LogP) is 4.48. The van der Waals surface area contributed by atoms with E-state index in [-0.39, 0.29) is 44.6 Å². The highest BCUT2D eigenvalue weighted by Gasteiger charge is 0.590. The molecule has 0 unspecified atom stereocenters. The maximum Gasteiger partial charge on any atom is -0.0776 e. The summed E-state index contributed by atoms with van der Waals surface area (Å²) in [5.41, 5.74) is 9.00. The SMILES string of the molecule is C.C.C.C.C.C.N=O.N=O. The van der Waals surface area contributed by atoms with E-state index in [0.717, 1.165) is 0 Å². The molecule has 0 aromatic carbocycles. The molecule has 0 atom stereocenters. The van der Waals surface area contributed by atoms with Crippen LogP contribution in [-0.2, 0) is 0 Å². The van der Waals surface area contributed by atoms with Crippen LogP contribution < -0.4 is 0 Å². The fraction of sp³-hybridized carbons (Fsp3) is 1.00. The van der Waals surface area contributed by atoms with E-state index in [4.69, 9.17) is 9.81 Å². The molecule has 10 heavy (non-hydrogen) atoms. The zero-order chi connectivity index (χ0) is 4.00. The number of nitroso groups, excluding NO2 is 2. The molecular weight excluding hydrogens is 132 g/mol. The van der Waals surface area contributed by atoms with Gasteiger partial charge in [-0.2, -0.15) is 9.81 Å². The first-order chi connectivity index (χ1) is 2.00. The van der Waals surface area contributed by atoms with Gasteiger partial charge in [-0.1, -0.05) is 55.7 Å². The Morgan fingerprint density at radius 3 is 0.400 bits per heavy atom. The largest absolute Gasteiger partial charge is 0.154 e. The van der Waals surface area contributed by atoms with Crippen LogP contribution in [0.2, 0.25) is 0 Å². The minimum Gasteiger partial charge on any atom is -0.154 e. The summed E-state index contributed by atoms with van der Waals surface area (Å²) in [5, 5.41) is 0. The quantitative estimate of drug-likeness (QED) is 0.509.